The molecule has 2 aromatic rings. The maximum Gasteiger partial charge on any atom is 0.311 e. The quantitative estimate of drug-likeness (QED) is 0.607. The summed E-state index contributed by atoms with van der Waals surface area (Å²) in [6.45, 7) is 2.76. The van der Waals surface area contributed by atoms with E-state index in [2.05, 4.69) is 10.6 Å². The number of carbonyl (C=O) groups is 2. The fourth-order valence-electron chi connectivity index (χ4n) is 2.06. The molecule has 136 valence electrons. The lowest BCUT2D eigenvalue weighted by molar-refractivity contribution is -0.386. The highest BCUT2D eigenvalue weighted by atomic mass is 19.1. The smallest absolute Gasteiger partial charge is 0.311 e. The Morgan fingerprint density at radius 3 is 2.23 bits per heavy atom. The number of halogens is 1. The van der Waals surface area contributed by atoms with Crippen LogP contribution in [0.25, 0.3) is 0 Å². The zero-order valence-electron chi connectivity index (χ0n) is 14.0. The summed E-state index contributed by atoms with van der Waals surface area (Å²) in [4.78, 5) is 33.4. The minimum absolute atomic E-state index is 0.222. The zero-order chi connectivity index (χ0) is 19.3. The van der Waals surface area contributed by atoms with E-state index in [1.165, 1.54) is 13.8 Å². The van der Waals surface area contributed by atoms with Crippen molar-refractivity contribution in [3.05, 3.63) is 58.4 Å². The van der Waals surface area contributed by atoms with Gasteiger partial charge in [-0.2, -0.15) is 0 Å². The first-order valence-electron chi connectivity index (χ1n) is 7.55. The minimum atomic E-state index is -1.11. The lowest BCUT2D eigenvalue weighted by Gasteiger charge is -2.15. The number of nitrogens with one attached hydrogen (secondary N) is 2. The van der Waals surface area contributed by atoms with Crippen LogP contribution in [0.5, 0.6) is 5.75 Å². The molecule has 26 heavy (non-hydrogen) atoms. The topological polar surface area (TPSA) is 111 Å². The summed E-state index contributed by atoms with van der Waals surface area (Å²) < 4.78 is 18.6. The molecule has 0 saturated heterocycles. The van der Waals surface area contributed by atoms with Crippen molar-refractivity contribution in [2.45, 2.75) is 20.0 Å². The number of nitro benzene ring substituents is 1. The fraction of sp³-hybridized carbons (Fsp3) is 0.176. The summed E-state index contributed by atoms with van der Waals surface area (Å²) >= 11 is 0. The van der Waals surface area contributed by atoms with Crippen molar-refractivity contribution in [1.82, 2.24) is 0 Å². The Morgan fingerprint density at radius 1 is 1.12 bits per heavy atom. The minimum Gasteiger partial charge on any atom is -0.474 e. The van der Waals surface area contributed by atoms with Crippen LogP contribution in [0.1, 0.15) is 13.8 Å². The van der Waals surface area contributed by atoms with Gasteiger partial charge < -0.3 is 15.4 Å². The summed E-state index contributed by atoms with van der Waals surface area (Å²) in [6.07, 6.45) is -1.11. The monoisotopic (exact) mass is 361 g/mol. The number of hydrogen-bond acceptors (Lipinski definition) is 5. The van der Waals surface area contributed by atoms with E-state index >= 15 is 0 Å². The molecule has 0 aromatic heterocycles. The second kappa shape index (κ2) is 8.06. The third kappa shape index (κ3) is 5.00. The van der Waals surface area contributed by atoms with Crippen molar-refractivity contribution in [1.29, 1.82) is 0 Å². The second-order valence-corrected chi connectivity index (χ2v) is 5.38. The lowest BCUT2D eigenvalue weighted by atomic mass is 10.2. The van der Waals surface area contributed by atoms with Crippen LogP contribution in [-0.2, 0) is 9.59 Å². The van der Waals surface area contributed by atoms with Crippen molar-refractivity contribution >= 4 is 28.9 Å². The van der Waals surface area contributed by atoms with E-state index in [0.29, 0.717) is 11.4 Å². The van der Waals surface area contributed by atoms with E-state index in [1.54, 1.807) is 24.3 Å². The summed E-state index contributed by atoms with van der Waals surface area (Å²) in [5, 5.41) is 16.1. The molecule has 0 heterocycles. The molecular formula is C17H16FN3O5. The number of nitrogens with zero attached hydrogens (tertiary/aromatic N) is 1. The third-order valence-electron chi connectivity index (χ3n) is 3.26. The van der Waals surface area contributed by atoms with E-state index in [0.717, 1.165) is 18.2 Å². The first-order chi connectivity index (χ1) is 12.3. The van der Waals surface area contributed by atoms with E-state index < -0.39 is 28.4 Å². The number of amides is 2. The van der Waals surface area contributed by atoms with Crippen LogP contribution in [0.4, 0.5) is 21.5 Å². The number of carbonyl (C=O) groups excluding carboxylic acids is 2. The van der Waals surface area contributed by atoms with Crippen molar-refractivity contribution in [2.75, 3.05) is 10.6 Å². The number of ether oxygens (including phenoxy) is 1. The summed E-state index contributed by atoms with van der Waals surface area (Å²) in [6, 6.07) is 9.09. The van der Waals surface area contributed by atoms with Crippen LogP contribution in [0, 0.1) is 15.9 Å². The number of hydrogen-bond donors (Lipinski definition) is 2. The molecule has 0 aliphatic carbocycles. The Kier molecular flexibility index (Phi) is 5.84. The van der Waals surface area contributed by atoms with Crippen LogP contribution < -0.4 is 15.4 Å². The van der Waals surface area contributed by atoms with E-state index in [1.807, 2.05) is 0 Å². The van der Waals surface area contributed by atoms with Gasteiger partial charge in [0.2, 0.25) is 11.7 Å². The molecule has 0 saturated carbocycles. The molecular weight excluding hydrogens is 345 g/mol. The molecule has 2 N–H and O–H groups in total. The van der Waals surface area contributed by atoms with E-state index in [9.17, 15) is 24.1 Å². The van der Waals surface area contributed by atoms with Crippen LogP contribution in [-0.4, -0.2) is 22.8 Å². The number of rotatable bonds is 6. The van der Waals surface area contributed by atoms with Gasteiger partial charge in [-0.3, -0.25) is 19.7 Å². The standard InChI is InChI=1S/C17H16FN3O5/c1-10(26-16-9-12(18)3-8-15(16)21(24)25)17(23)20-14-6-4-13(5-7-14)19-11(2)22/h3-10H,1-2H3,(H,19,22)(H,20,23)/t10-/m1/s1. The molecule has 2 aromatic carbocycles. The zero-order valence-corrected chi connectivity index (χ0v) is 14.0. The summed E-state index contributed by atoms with van der Waals surface area (Å²) in [7, 11) is 0. The van der Waals surface area contributed by atoms with Gasteiger partial charge in [-0.1, -0.05) is 0 Å². The van der Waals surface area contributed by atoms with Gasteiger partial charge in [-0.05, 0) is 37.3 Å². The predicted molar refractivity (Wildman–Crippen MR) is 92.5 cm³/mol. The van der Waals surface area contributed by atoms with Gasteiger partial charge >= 0.3 is 5.69 Å². The number of benzene rings is 2. The van der Waals surface area contributed by atoms with Gasteiger partial charge in [-0.15, -0.1) is 0 Å². The van der Waals surface area contributed by atoms with Crippen molar-refractivity contribution < 1.29 is 23.6 Å². The van der Waals surface area contributed by atoms with Gasteiger partial charge in [0.05, 0.1) is 4.92 Å². The predicted octanol–water partition coefficient (Wildman–Crippen LogP) is 3.10. The molecule has 0 bridgehead atoms. The maximum atomic E-state index is 13.3. The Morgan fingerprint density at radius 2 is 1.69 bits per heavy atom. The molecule has 0 unspecified atom stereocenters. The van der Waals surface area contributed by atoms with Crippen molar-refractivity contribution in [3.63, 3.8) is 0 Å². The second-order valence-electron chi connectivity index (χ2n) is 5.38. The molecule has 9 heteroatoms. The van der Waals surface area contributed by atoms with Crippen LogP contribution in [0.3, 0.4) is 0 Å². The summed E-state index contributed by atoms with van der Waals surface area (Å²) in [5.74, 6) is -1.85. The average molecular weight is 361 g/mol. The highest BCUT2D eigenvalue weighted by Gasteiger charge is 2.22. The Balaban J connectivity index is 2.05. The fourth-order valence-corrected chi connectivity index (χ4v) is 2.06. The normalized spacial score (nSPS) is 11.3. The first-order valence-corrected chi connectivity index (χ1v) is 7.55. The van der Waals surface area contributed by atoms with E-state index in [4.69, 9.17) is 4.74 Å². The molecule has 0 radical (unpaired) electrons. The molecule has 8 nitrogen and oxygen atoms in total. The SMILES string of the molecule is CC(=O)Nc1ccc(NC(=O)[C@@H](C)Oc2cc(F)ccc2[N+](=O)[O-])cc1. The van der Waals surface area contributed by atoms with Gasteiger partial charge in [0.1, 0.15) is 5.82 Å². The lowest BCUT2D eigenvalue weighted by Crippen LogP contribution is -2.30. The maximum absolute atomic E-state index is 13.3. The average Bonchev–Trinajstić information content (AvgIpc) is 2.55. The highest BCUT2D eigenvalue weighted by molar-refractivity contribution is 5.94. The molecule has 2 amide bonds. The van der Waals surface area contributed by atoms with Crippen molar-refractivity contribution in [3.8, 4) is 5.75 Å². The molecule has 0 aliphatic rings. The molecule has 0 aliphatic heterocycles. The summed E-state index contributed by atoms with van der Waals surface area (Å²) in [5.41, 5.74) is 0.564. The van der Waals surface area contributed by atoms with Gasteiger partial charge in [0.15, 0.2) is 6.10 Å². The Labute approximate surface area is 148 Å². The molecule has 2 rings (SSSR count). The number of anilines is 2. The van der Waals surface area contributed by atoms with E-state index in [-0.39, 0.29) is 11.7 Å². The van der Waals surface area contributed by atoms with Gasteiger partial charge in [0.25, 0.3) is 5.91 Å². The molecule has 1 atom stereocenters. The first kappa shape index (κ1) is 18.8. The highest BCUT2D eigenvalue weighted by Crippen LogP contribution is 2.28. The number of nitro groups is 1. The Bertz CT molecular complexity index is 839. The van der Waals surface area contributed by atoms with Crippen molar-refractivity contribution in [2.24, 2.45) is 0 Å². The molecule has 0 spiro atoms. The van der Waals surface area contributed by atoms with Crippen LogP contribution >= 0.6 is 0 Å². The largest absolute Gasteiger partial charge is 0.474 e. The van der Waals surface area contributed by atoms with Gasteiger partial charge in [0, 0.05) is 30.4 Å². The van der Waals surface area contributed by atoms with Crippen LogP contribution in [0.2, 0.25) is 0 Å². The van der Waals surface area contributed by atoms with Gasteiger partial charge in [-0.25, -0.2) is 4.39 Å². The third-order valence-corrected chi connectivity index (χ3v) is 3.26. The molecule has 0 fully saturated rings. The Hall–Kier alpha value is -3.49. The van der Waals surface area contributed by atoms with Crippen LogP contribution in [0.15, 0.2) is 42.5 Å².